The second kappa shape index (κ2) is 7.28. The molecule has 1 aliphatic heterocycles. The van der Waals surface area contributed by atoms with Crippen molar-refractivity contribution in [3.05, 3.63) is 76.0 Å². The van der Waals surface area contributed by atoms with Gasteiger partial charge in [0.15, 0.2) is 11.4 Å². The monoisotopic (exact) mass is 389 g/mol. The maximum Gasteiger partial charge on any atom is 0.275 e. The predicted molar refractivity (Wildman–Crippen MR) is 106 cm³/mol. The third-order valence-corrected chi connectivity index (χ3v) is 4.96. The highest BCUT2D eigenvalue weighted by Gasteiger charge is 2.38. The Morgan fingerprint density at radius 2 is 1.97 bits per heavy atom. The Hall–Kier alpha value is -3.86. The minimum absolute atomic E-state index is 0.113. The fourth-order valence-corrected chi connectivity index (χ4v) is 3.65. The van der Waals surface area contributed by atoms with Gasteiger partial charge in [0.25, 0.3) is 5.91 Å². The zero-order chi connectivity index (χ0) is 20.5. The molecule has 0 bridgehead atoms. The maximum absolute atomic E-state index is 12.6. The minimum Gasteiger partial charge on any atom is -0.502 e. The standard InChI is InChI=1S/C21H19N5O3/c1-3-7-15-10-11-25(23-15)18(14-8-5-4-6-9-14)16-13-24(2)21(29)19-20(28)17(27)12-22-26(16)19/h4-6,8-12,16,18,28H,13H2,1-2H3/t16-,18-/m1/s1. The van der Waals surface area contributed by atoms with E-state index in [4.69, 9.17) is 0 Å². The van der Waals surface area contributed by atoms with Crippen molar-refractivity contribution >= 4 is 5.91 Å². The van der Waals surface area contributed by atoms with Crippen LogP contribution in [0.3, 0.4) is 0 Å². The van der Waals surface area contributed by atoms with E-state index in [1.165, 1.54) is 9.58 Å². The van der Waals surface area contributed by atoms with Crippen molar-refractivity contribution in [2.75, 3.05) is 13.6 Å². The Morgan fingerprint density at radius 1 is 1.21 bits per heavy atom. The lowest BCUT2D eigenvalue weighted by Crippen LogP contribution is -2.46. The topological polar surface area (TPSA) is 93.3 Å². The molecule has 1 N–H and O–H groups in total. The van der Waals surface area contributed by atoms with Crippen LogP contribution in [0.15, 0.2) is 53.6 Å². The summed E-state index contributed by atoms with van der Waals surface area (Å²) < 4.78 is 3.22. The Balaban J connectivity index is 1.92. The summed E-state index contributed by atoms with van der Waals surface area (Å²) in [4.78, 5) is 26.0. The number of hydrogen-bond acceptors (Lipinski definition) is 5. The molecule has 146 valence electrons. The highest BCUT2D eigenvalue weighted by atomic mass is 16.3. The van der Waals surface area contributed by atoms with Crippen LogP contribution >= 0.6 is 0 Å². The zero-order valence-corrected chi connectivity index (χ0v) is 16.0. The second-order valence-electron chi connectivity index (χ2n) is 6.82. The molecular weight excluding hydrogens is 370 g/mol. The molecule has 0 saturated heterocycles. The normalized spacial score (nSPS) is 16.7. The molecule has 8 heteroatoms. The number of fused-ring (bicyclic) bond motifs is 1. The Bertz CT molecular complexity index is 1190. The Labute approximate surface area is 167 Å². The maximum atomic E-state index is 12.6. The van der Waals surface area contributed by atoms with Crippen LogP contribution in [0.5, 0.6) is 5.75 Å². The largest absolute Gasteiger partial charge is 0.502 e. The van der Waals surface area contributed by atoms with Crippen molar-refractivity contribution in [2.45, 2.75) is 19.0 Å². The van der Waals surface area contributed by atoms with Crippen LogP contribution in [-0.4, -0.2) is 49.1 Å². The number of likely N-dealkylation sites (N-methyl/N-ethyl adjacent to an activating group) is 1. The summed E-state index contributed by atoms with van der Waals surface area (Å²) in [6.07, 6.45) is 2.86. The number of hydrogen-bond donors (Lipinski definition) is 1. The lowest BCUT2D eigenvalue weighted by Gasteiger charge is -2.37. The first kappa shape index (κ1) is 18.5. The predicted octanol–water partition coefficient (Wildman–Crippen LogP) is 1.43. The summed E-state index contributed by atoms with van der Waals surface area (Å²) in [6.45, 7) is 2.07. The Kier molecular flexibility index (Phi) is 4.64. The van der Waals surface area contributed by atoms with Gasteiger partial charge in [-0.2, -0.15) is 10.2 Å². The molecule has 1 aromatic carbocycles. The van der Waals surface area contributed by atoms with Crippen molar-refractivity contribution in [1.82, 2.24) is 24.5 Å². The van der Waals surface area contributed by atoms with E-state index in [0.717, 1.165) is 11.8 Å². The van der Waals surface area contributed by atoms with Gasteiger partial charge in [-0.05, 0) is 24.5 Å². The highest BCUT2D eigenvalue weighted by Crippen LogP contribution is 2.35. The quantitative estimate of drug-likeness (QED) is 0.684. The van der Waals surface area contributed by atoms with E-state index in [0.29, 0.717) is 12.2 Å². The van der Waals surface area contributed by atoms with Gasteiger partial charge in [0, 0.05) is 19.8 Å². The molecule has 0 fully saturated rings. The molecule has 4 rings (SSSR count). The summed E-state index contributed by atoms with van der Waals surface area (Å²) in [6, 6.07) is 10.8. The van der Waals surface area contributed by atoms with Gasteiger partial charge in [0.2, 0.25) is 5.43 Å². The van der Waals surface area contributed by atoms with E-state index in [2.05, 4.69) is 22.0 Å². The number of nitrogens with zero attached hydrogens (tertiary/aromatic N) is 5. The van der Waals surface area contributed by atoms with Gasteiger partial charge < -0.3 is 10.0 Å². The number of amides is 1. The third kappa shape index (κ3) is 3.17. The van der Waals surface area contributed by atoms with Crippen LogP contribution in [0.2, 0.25) is 0 Å². The number of benzene rings is 1. The summed E-state index contributed by atoms with van der Waals surface area (Å²) in [5, 5.41) is 19.1. The SMILES string of the molecule is CC#Cc1ccn([C@H](c2ccccc2)[C@H]2CN(C)C(=O)c3c(O)c(=O)cnn32)n1. The van der Waals surface area contributed by atoms with Crippen molar-refractivity contribution in [1.29, 1.82) is 0 Å². The summed E-state index contributed by atoms with van der Waals surface area (Å²) in [7, 11) is 1.63. The van der Waals surface area contributed by atoms with Gasteiger partial charge in [0.1, 0.15) is 11.7 Å². The molecule has 0 aliphatic carbocycles. The van der Waals surface area contributed by atoms with Crippen LogP contribution < -0.4 is 5.43 Å². The smallest absolute Gasteiger partial charge is 0.275 e. The molecule has 1 amide bonds. The van der Waals surface area contributed by atoms with Gasteiger partial charge in [0.05, 0.1) is 12.2 Å². The van der Waals surface area contributed by atoms with Gasteiger partial charge in [-0.1, -0.05) is 36.3 Å². The molecule has 2 aromatic heterocycles. The van der Waals surface area contributed by atoms with Gasteiger partial charge in [-0.15, -0.1) is 0 Å². The van der Waals surface area contributed by atoms with Gasteiger partial charge in [-0.25, -0.2) is 4.68 Å². The van der Waals surface area contributed by atoms with Crippen LogP contribution in [0.4, 0.5) is 0 Å². The molecule has 0 radical (unpaired) electrons. The molecule has 0 saturated carbocycles. The summed E-state index contributed by atoms with van der Waals surface area (Å²) >= 11 is 0. The fourth-order valence-electron chi connectivity index (χ4n) is 3.65. The van der Waals surface area contributed by atoms with E-state index >= 15 is 0 Å². The van der Waals surface area contributed by atoms with E-state index in [-0.39, 0.29) is 11.7 Å². The molecule has 3 aromatic rings. The van der Waals surface area contributed by atoms with Crippen LogP contribution in [-0.2, 0) is 0 Å². The van der Waals surface area contributed by atoms with Gasteiger partial charge >= 0.3 is 0 Å². The van der Waals surface area contributed by atoms with Crippen molar-refractivity contribution in [3.63, 3.8) is 0 Å². The van der Waals surface area contributed by atoms with E-state index in [1.807, 2.05) is 42.6 Å². The summed E-state index contributed by atoms with van der Waals surface area (Å²) in [5.41, 5.74) is 0.780. The number of carbonyl (C=O) groups excluding carboxylic acids is 1. The zero-order valence-electron chi connectivity index (χ0n) is 16.0. The summed E-state index contributed by atoms with van der Waals surface area (Å²) in [5.74, 6) is 4.73. The number of aromatic hydroxyl groups is 1. The molecule has 8 nitrogen and oxygen atoms in total. The van der Waals surface area contributed by atoms with Gasteiger partial charge in [-0.3, -0.25) is 14.3 Å². The average Bonchev–Trinajstić information content (AvgIpc) is 3.17. The van der Waals surface area contributed by atoms with Crippen LogP contribution in [0.1, 0.15) is 40.8 Å². The van der Waals surface area contributed by atoms with Crippen molar-refractivity contribution in [2.24, 2.45) is 0 Å². The van der Waals surface area contributed by atoms with Crippen molar-refractivity contribution < 1.29 is 9.90 Å². The first-order valence-electron chi connectivity index (χ1n) is 9.10. The second-order valence-corrected chi connectivity index (χ2v) is 6.82. The molecule has 0 spiro atoms. The first-order valence-corrected chi connectivity index (χ1v) is 9.10. The number of carbonyl (C=O) groups is 1. The lowest BCUT2D eigenvalue weighted by molar-refractivity contribution is 0.0667. The van der Waals surface area contributed by atoms with Crippen molar-refractivity contribution in [3.8, 4) is 17.6 Å². The van der Waals surface area contributed by atoms with Crippen LogP contribution in [0, 0.1) is 11.8 Å². The molecular formula is C21H19N5O3. The van der Waals surface area contributed by atoms with E-state index in [1.54, 1.807) is 18.7 Å². The minimum atomic E-state index is -0.686. The lowest BCUT2D eigenvalue weighted by atomic mass is 9.97. The van der Waals surface area contributed by atoms with E-state index in [9.17, 15) is 14.7 Å². The average molecular weight is 389 g/mol. The molecule has 29 heavy (non-hydrogen) atoms. The van der Waals surface area contributed by atoms with Crippen LogP contribution in [0.25, 0.3) is 0 Å². The molecule has 2 atom stereocenters. The number of aromatic nitrogens is 4. The first-order chi connectivity index (χ1) is 14.0. The molecule has 1 aliphatic rings. The third-order valence-electron chi connectivity index (χ3n) is 4.96. The number of rotatable bonds is 3. The molecule has 0 unspecified atom stereocenters. The molecule has 3 heterocycles. The Morgan fingerprint density at radius 3 is 2.69 bits per heavy atom. The van der Waals surface area contributed by atoms with E-state index < -0.39 is 23.1 Å². The fraction of sp³-hybridized carbons (Fsp3) is 0.238. The highest BCUT2D eigenvalue weighted by molar-refractivity contribution is 5.95.